The molecular weight excluding hydrogens is 402 g/mol. The lowest BCUT2D eigenvalue weighted by molar-refractivity contribution is -0.123. The lowest BCUT2D eigenvalue weighted by Gasteiger charge is -2.20. The number of nitrogens with zero attached hydrogens (tertiary/aromatic N) is 2. The van der Waals surface area contributed by atoms with Gasteiger partial charge in [-0.05, 0) is 55.0 Å². The number of aryl methyl sites for hydroxylation is 1. The molecule has 8 heteroatoms. The predicted octanol–water partition coefficient (Wildman–Crippen LogP) is 2.91. The first-order valence-corrected chi connectivity index (χ1v) is 10.7. The molecule has 0 atom stereocenters. The van der Waals surface area contributed by atoms with Crippen LogP contribution in [0.5, 0.6) is 5.75 Å². The van der Waals surface area contributed by atoms with E-state index in [1.165, 1.54) is 11.4 Å². The predicted molar refractivity (Wildman–Crippen MR) is 115 cm³/mol. The number of hydrogen-bond acceptors (Lipinski definition) is 5. The standard InChI is InChI=1S/C22H23N3O4S/c1-17-5-11-21(12-6-17)30(27,28)25(2)19-7-9-20(10-8-19)29-16-22(26)24-15-18-4-3-13-23-14-18/h3-14H,15-16H2,1-2H3,(H,24,26). The van der Waals surface area contributed by atoms with Crippen LogP contribution in [0, 0.1) is 6.92 Å². The van der Waals surface area contributed by atoms with Crippen molar-refractivity contribution in [2.24, 2.45) is 0 Å². The van der Waals surface area contributed by atoms with E-state index >= 15 is 0 Å². The molecule has 7 nitrogen and oxygen atoms in total. The number of carbonyl (C=O) groups excluding carboxylic acids is 1. The lowest BCUT2D eigenvalue weighted by atomic mass is 10.2. The van der Waals surface area contributed by atoms with Gasteiger partial charge in [0.15, 0.2) is 6.61 Å². The highest BCUT2D eigenvalue weighted by Crippen LogP contribution is 2.24. The van der Waals surface area contributed by atoms with Crippen LogP contribution in [0.25, 0.3) is 0 Å². The molecule has 0 aliphatic heterocycles. The molecule has 0 unspecified atom stereocenters. The molecule has 3 rings (SSSR count). The number of benzene rings is 2. The third kappa shape index (κ3) is 5.36. The van der Waals surface area contributed by atoms with Crippen molar-refractivity contribution in [2.75, 3.05) is 18.0 Å². The molecule has 1 amide bonds. The van der Waals surface area contributed by atoms with Crippen LogP contribution >= 0.6 is 0 Å². The van der Waals surface area contributed by atoms with Crippen LogP contribution in [0.3, 0.4) is 0 Å². The van der Waals surface area contributed by atoms with Gasteiger partial charge in [0, 0.05) is 26.0 Å². The van der Waals surface area contributed by atoms with Crippen molar-refractivity contribution >= 4 is 21.6 Å². The number of rotatable bonds is 8. The molecule has 1 aromatic heterocycles. The van der Waals surface area contributed by atoms with E-state index in [2.05, 4.69) is 10.3 Å². The Morgan fingerprint density at radius 1 is 1.07 bits per heavy atom. The average Bonchev–Trinajstić information content (AvgIpc) is 2.77. The molecule has 1 N–H and O–H groups in total. The summed E-state index contributed by atoms with van der Waals surface area (Å²) in [6.45, 7) is 2.13. The normalized spacial score (nSPS) is 11.0. The highest BCUT2D eigenvalue weighted by Gasteiger charge is 2.21. The van der Waals surface area contributed by atoms with E-state index in [0.29, 0.717) is 18.0 Å². The van der Waals surface area contributed by atoms with E-state index in [1.807, 2.05) is 13.0 Å². The summed E-state index contributed by atoms with van der Waals surface area (Å²) in [5.74, 6) is 0.207. The molecule has 0 aliphatic carbocycles. The van der Waals surface area contributed by atoms with Crippen molar-refractivity contribution in [3.63, 3.8) is 0 Å². The Bertz CT molecular complexity index is 1080. The second-order valence-electron chi connectivity index (χ2n) is 6.71. The van der Waals surface area contributed by atoms with Gasteiger partial charge in [-0.15, -0.1) is 0 Å². The van der Waals surface area contributed by atoms with Crippen LogP contribution in [0.4, 0.5) is 5.69 Å². The summed E-state index contributed by atoms with van der Waals surface area (Å²) in [6, 6.07) is 16.9. The Kier molecular flexibility index (Phi) is 6.68. The van der Waals surface area contributed by atoms with Gasteiger partial charge >= 0.3 is 0 Å². The SMILES string of the molecule is Cc1ccc(S(=O)(=O)N(C)c2ccc(OCC(=O)NCc3cccnc3)cc2)cc1. The second kappa shape index (κ2) is 9.41. The fourth-order valence-electron chi connectivity index (χ4n) is 2.66. The molecule has 2 aromatic carbocycles. The molecule has 1 heterocycles. The Morgan fingerprint density at radius 2 is 1.77 bits per heavy atom. The van der Waals surface area contributed by atoms with Gasteiger partial charge in [-0.2, -0.15) is 0 Å². The zero-order valence-electron chi connectivity index (χ0n) is 16.8. The molecule has 156 valence electrons. The van der Waals surface area contributed by atoms with E-state index in [9.17, 15) is 13.2 Å². The molecular formula is C22H23N3O4S. The van der Waals surface area contributed by atoms with Crippen molar-refractivity contribution in [1.29, 1.82) is 0 Å². The number of anilines is 1. The van der Waals surface area contributed by atoms with E-state index < -0.39 is 10.0 Å². The van der Waals surface area contributed by atoms with Crippen LogP contribution in [0.15, 0.2) is 78.0 Å². The molecule has 0 saturated carbocycles. The summed E-state index contributed by atoms with van der Waals surface area (Å²) in [5.41, 5.74) is 2.37. The first-order valence-electron chi connectivity index (χ1n) is 9.30. The maximum atomic E-state index is 12.8. The first kappa shape index (κ1) is 21.3. The van der Waals surface area contributed by atoms with E-state index in [4.69, 9.17) is 4.74 Å². The summed E-state index contributed by atoms with van der Waals surface area (Å²) < 4.78 is 32.2. The number of sulfonamides is 1. The topological polar surface area (TPSA) is 88.6 Å². The van der Waals surface area contributed by atoms with Gasteiger partial charge in [-0.1, -0.05) is 23.8 Å². The summed E-state index contributed by atoms with van der Waals surface area (Å²) in [4.78, 5) is 16.1. The van der Waals surface area contributed by atoms with Crippen molar-refractivity contribution in [2.45, 2.75) is 18.4 Å². The van der Waals surface area contributed by atoms with Crippen LogP contribution in [0.2, 0.25) is 0 Å². The third-order valence-electron chi connectivity index (χ3n) is 4.46. The molecule has 0 saturated heterocycles. The van der Waals surface area contributed by atoms with Crippen LogP contribution in [-0.4, -0.2) is 33.0 Å². The molecule has 0 spiro atoms. The molecule has 0 bridgehead atoms. The number of ether oxygens (including phenoxy) is 1. The maximum Gasteiger partial charge on any atom is 0.264 e. The average molecular weight is 426 g/mol. The number of hydrogen-bond donors (Lipinski definition) is 1. The minimum Gasteiger partial charge on any atom is -0.484 e. The molecule has 0 radical (unpaired) electrons. The second-order valence-corrected chi connectivity index (χ2v) is 8.68. The van der Waals surface area contributed by atoms with Crippen LogP contribution in [-0.2, 0) is 21.4 Å². The van der Waals surface area contributed by atoms with Gasteiger partial charge in [0.05, 0.1) is 10.6 Å². The van der Waals surface area contributed by atoms with Crippen molar-refractivity contribution < 1.29 is 17.9 Å². The zero-order valence-corrected chi connectivity index (χ0v) is 17.6. The van der Waals surface area contributed by atoms with Gasteiger partial charge in [-0.3, -0.25) is 14.1 Å². The monoisotopic (exact) mass is 425 g/mol. The van der Waals surface area contributed by atoms with Gasteiger partial charge in [0.25, 0.3) is 15.9 Å². The summed E-state index contributed by atoms with van der Waals surface area (Å²) in [5, 5.41) is 2.75. The third-order valence-corrected chi connectivity index (χ3v) is 6.26. The fraction of sp³-hybridized carbons (Fsp3) is 0.182. The van der Waals surface area contributed by atoms with E-state index in [1.54, 1.807) is 67.0 Å². The largest absolute Gasteiger partial charge is 0.484 e. The molecule has 3 aromatic rings. The number of aromatic nitrogens is 1. The van der Waals surface area contributed by atoms with Gasteiger partial charge < -0.3 is 10.1 Å². The number of pyridine rings is 1. The fourth-order valence-corrected chi connectivity index (χ4v) is 3.86. The minimum absolute atomic E-state index is 0.142. The van der Waals surface area contributed by atoms with Crippen LogP contribution in [0.1, 0.15) is 11.1 Å². The quantitative estimate of drug-likeness (QED) is 0.600. The molecule has 30 heavy (non-hydrogen) atoms. The van der Waals surface area contributed by atoms with Gasteiger partial charge in [0.2, 0.25) is 0 Å². The molecule has 0 aliphatic rings. The highest BCUT2D eigenvalue weighted by molar-refractivity contribution is 7.92. The number of amides is 1. The number of carbonyl (C=O) groups is 1. The van der Waals surface area contributed by atoms with Crippen molar-refractivity contribution in [1.82, 2.24) is 10.3 Å². The maximum absolute atomic E-state index is 12.8. The Labute approximate surface area is 176 Å². The lowest BCUT2D eigenvalue weighted by Crippen LogP contribution is -2.28. The smallest absolute Gasteiger partial charge is 0.264 e. The Hall–Kier alpha value is -3.39. The Balaban J connectivity index is 1.56. The first-order chi connectivity index (χ1) is 14.4. The summed E-state index contributed by atoms with van der Waals surface area (Å²) >= 11 is 0. The van der Waals surface area contributed by atoms with Gasteiger partial charge in [-0.25, -0.2) is 8.42 Å². The van der Waals surface area contributed by atoms with Crippen molar-refractivity contribution in [3.05, 3.63) is 84.2 Å². The Morgan fingerprint density at radius 3 is 2.40 bits per heavy atom. The zero-order chi connectivity index (χ0) is 21.6. The summed E-state index contributed by atoms with van der Waals surface area (Å²) in [6.07, 6.45) is 3.35. The van der Waals surface area contributed by atoms with E-state index in [0.717, 1.165) is 11.1 Å². The van der Waals surface area contributed by atoms with Crippen molar-refractivity contribution in [3.8, 4) is 5.75 Å². The minimum atomic E-state index is -3.66. The van der Waals surface area contributed by atoms with Crippen LogP contribution < -0.4 is 14.4 Å². The summed E-state index contributed by atoms with van der Waals surface area (Å²) in [7, 11) is -2.16. The number of nitrogens with one attached hydrogen (secondary N) is 1. The van der Waals surface area contributed by atoms with E-state index in [-0.39, 0.29) is 17.4 Å². The molecule has 0 fully saturated rings. The van der Waals surface area contributed by atoms with Gasteiger partial charge in [0.1, 0.15) is 5.75 Å². The highest BCUT2D eigenvalue weighted by atomic mass is 32.2.